The first-order valence-corrected chi connectivity index (χ1v) is 6.94. The van der Waals surface area contributed by atoms with Gasteiger partial charge in [0.2, 0.25) is 5.91 Å². The molecule has 21 heavy (non-hydrogen) atoms. The Hall–Kier alpha value is -2.04. The van der Waals surface area contributed by atoms with Crippen LogP contribution in [0, 0.1) is 6.92 Å². The predicted molar refractivity (Wildman–Crippen MR) is 83.4 cm³/mol. The molecule has 1 rings (SSSR count). The summed E-state index contributed by atoms with van der Waals surface area (Å²) in [5.74, 6) is -0.199. The third kappa shape index (κ3) is 5.10. The van der Waals surface area contributed by atoms with E-state index in [1.54, 1.807) is 34.7 Å². The van der Waals surface area contributed by atoms with Gasteiger partial charge in [0.1, 0.15) is 11.6 Å². The minimum atomic E-state index is -0.663. The number of benzene rings is 1. The topological polar surface area (TPSA) is 58.6 Å². The maximum Gasteiger partial charge on any atom is 0.408 e. The Morgan fingerprint density at radius 3 is 2.33 bits per heavy atom. The lowest BCUT2D eigenvalue weighted by molar-refractivity contribution is -0.120. The van der Waals surface area contributed by atoms with Gasteiger partial charge in [-0.1, -0.05) is 18.2 Å². The minimum absolute atomic E-state index is 0.199. The Balaban J connectivity index is 2.70. The molecule has 2 amide bonds. The number of likely N-dealkylation sites (N-methyl/N-ethyl adjacent to an activating group) is 1. The Bertz CT molecular complexity index is 520. The van der Waals surface area contributed by atoms with Crippen molar-refractivity contribution >= 4 is 17.7 Å². The number of hydrogen-bond donors (Lipinski definition) is 1. The number of nitrogens with one attached hydrogen (secondary N) is 1. The Labute approximate surface area is 126 Å². The van der Waals surface area contributed by atoms with Crippen molar-refractivity contribution in [3.63, 3.8) is 0 Å². The lowest BCUT2D eigenvalue weighted by atomic mass is 10.1. The number of carbonyl (C=O) groups is 2. The molecule has 0 saturated heterocycles. The van der Waals surface area contributed by atoms with Crippen LogP contribution >= 0.6 is 0 Å². The lowest BCUT2D eigenvalue weighted by Crippen LogP contribution is -2.47. The Morgan fingerprint density at radius 1 is 1.24 bits per heavy atom. The molecule has 1 N–H and O–H groups in total. The summed E-state index contributed by atoms with van der Waals surface area (Å²) in [4.78, 5) is 25.6. The van der Waals surface area contributed by atoms with Crippen LogP contribution in [0.25, 0.3) is 0 Å². The molecule has 5 nitrogen and oxygen atoms in total. The van der Waals surface area contributed by atoms with E-state index in [2.05, 4.69) is 5.32 Å². The van der Waals surface area contributed by atoms with E-state index in [1.165, 1.54) is 4.90 Å². The average molecular weight is 292 g/mol. The largest absolute Gasteiger partial charge is 0.444 e. The predicted octanol–water partition coefficient (Wildman–Crippen LogP) is 2.87. The zero-order chi connectivity index (χ0) is 16.2. The summed E-state index contributed by atoms with van der Waals surface area (Å²) in [6.45, 7) is 8.90. The van der Waals surface area contributed by atoms with E-state index in [-0.39, 0.29) is 5.91 Å². The van der Waals surface area contributed by atoms with Gasteiger partial charge in [-0.25, -0.2) is 4.79 Å². The van der Waals surface area contributed by atoms with Crippen LogP contribution in [0.15, 0.2) is 24.3 Å². The van der Waals surface area contributed by atoms with E-state index in [4.69, 9.17) is 4.74 Å². The first kappa shape index (κ1) is 17.0. The van der Waals surface area contributed by atoms with Crippen molar-refractivity contribution in [2.75, 3.05) is 11.9 Å². The third-order valence-corrected chi connectivity index (χ3v) is 2.91. The van der Waals surface area contributed by atoms with E-state index in [1.807, 2.05) is 31.2 Å². The van der Waals surface area contributed by atoms with Crippen molar-refractivity contribution in [1.29, 1.82) is 0 Å². The molecule has 5 heteroatoms. The van der Waals surface area contributed by atoms with Crippen LogP contribution in [0.2, 0.25) is 0 Å². The lowest BCUT2D eigenvalue weighted by Gasteiger charge is -2.25. The Kier molecular flexibility index (Phi) is 5.35. The van der Waals surface area contributed by atoms with Gasteiger partial charge < -0.3 is 15.0 Å². The SMILES string of the molecule is Cc1ccccc1N(C)C(=O)C(C)NC(=O)OC(C)(C)C. The highest BCUT2D eigenvalue weighted by Gasteiger charge is 2.24. The molecule has 0 aliphatic heterocycles. The molecular formula is C16H24N2O3. The number of hydrogen-bond acceptors (Lipinski definition) is 3. The van der Waals surface area contributed by atoms with Gasteiger partial charge in [0.25, 0.3) is 0 Å². The highest BCUT2D eigenvalue weighted by Crippen LogP contribution is 2.18. The van der Waals surface area contributed by atoms with Crippen LogP contribution in [-0.2, 0) is 9.53 Å². The smallest absolute Gasteiger partial charge is 0.408 e. The normalized spacial score (nSPS) is 12.5. The summed E-state index contributed by atoms with van der Waals surface area (Å²) in [6.07, 6.45) is -0.596. The number of amides is 2. The molecular weight excluding hydrogens is 268 g/mol. The molecule has 1 aromatic carbocycles. The van der Waals surface area contributed by atoms with Crippen LogP contribution in [-0.4, -0.2) is 30.7 Å². The molecule has 1 atom stereocenters. The average Bonchev–Trinajstić information content (AvgIpc) is 2.35. The van der Waals surface area contributed by atoms with Crippen molar-refractivity contribution in [1.82, 2.24) is 5.32 Å². The first-order chi connectivity index (χ1) is 9.61. The van der Waals surface area contributed by atoms with Crippen LogP contribution < -0.4 is 10.2 Å². The number of para-hydroxylation sites is 1. The summed E-state index contributed by atoms with van der Waals surface area (Å²) in [6, 6.07) is 6.93. The molecule has 0 fully saturated rings. The molecule has 116 valence electrons. The van der Waals surface area contributed by atoms with Crippen molar-refractivity contribution in [2.24, 2.45) is 0 Å². The van der Waals surface area contributed by atoms with Gasteiger partial charge >= 0.3 is 6.09 Å². The van der Waals surface area contributed by atoms with Crippen LogP contribution in [0.5, 0.6) is 0 Å². The zero-order valence-electron chi connectivity index (χ0n) is 13.6. The van der Waals surface area contributed by atoms with E-state index in [0.29, 0.717) is 0 Å². The summed E-state index contributed by atoms with van der Waals surface area (Å²) in [5.41, 5.74) is 1.23. The highest BCUT2D eigenvalue weighted by molar-refractivity contribution is 5.98. The number of ether oxygens (including phenoxy) is 1. The van der Waals surface area contributed by atoms with Gasteiger partial charge in [-0.15, -0.1) is 0 Å². The molecule has 0 aromatic heterocycles. The molecule has 1 unspecified atom stereocenters. The van der Waals surface area contributed by atoms with Gasteiger partial charge in [-0.3, -0.25) is 4.79 Å². The molecule has 0 heterocycles. The number of rotatable bonds is 3. The maximum absolute atomic E-state index is 12.4. The van der Waals surface area contributed by atoms with E-state index in [0.717, 1.165) is 11.3 Å². The number of aryl methyl sites for hydroxylation is 1. The Morgan fingerprint density at radius 2 is 1.81 bits per heavy atom. The van der Waals surface area contributed by atoms with Gasteiger partial charge in [0.05, 0.1) is 0 Å². The van der Waals surface area contributed by atoms with Crippen LogP contribution in [0.3, 0.4) is 0 Å². The maximum atomic E-state index is 12.4. The van der Waals surface area contributed by atoms with Crippen LogP contribution in [0.1, 0.15) is 33.3 Å². The molecule has 0 bridgehead atoms. The summed E-state index contributed by atoms with van der Waals surface area (Å²) in [7, 11) is 1.69. The van der Waals surface area contributed by atoms with Crippen molar-refractivity contribution in [2.45, 2.75) is 46.3 Å². The summed E-state index contributed by atoms with van der Waals surface area (Å²) >= 11 is 0. The minimum Gasteiger partial charge on any atom is -0.444 e. The second kappa shape index (κ2) is 6.61. The van der Waals surface area contributed by atoms with E-state index in [9.17, 15) is 9.59 Å². The van der Waals surface area contributed by atoms with Crippen molar-refractivity contribution < 1.29 is 14.3 Å². The standard InChI is InChI=1S/C16H24N2O3/c1-11-9-7-8-10-13(11)18(6)14(19)12(2)17-15(20)21-16(3,4)5/h7-10,12H,1-6H3,(H,17,20). The monoisotopic (exact) mass is 292 g/mol. The number of nitrogens with zero attached hydrogens (tertiary/aromatic N) is 1. The first-order valence-electron chi connectivity index (χ1n) is 6.94. The second-order valence-corrected chi connectivity index (χ2v) is 6.05. The third-order valence-electron chi connectivity index (χ3n) is 2.91. The molecule has 0 radical (unpaired) electrons. The van der Waals surface area contributed by atoms with Gasteiger partial charge in [-0.05, 0) is 46.2 Å². The van der Waals surface area contributed by atoms with E-state index >= 15 is 0 Å². The van der Waals surface area contributed by atoms with Gasteiger partial charge in [0, 0.05) is 12.7 Å². The highest BCUT2D eigenvalue weighted by atomic mass is 16.6. The number of carbonyl (C=O) groups excluding carboxylic acids is 2. The zero-order valence-corrected chi connectivity index (χ0v) is 13.6. The number of alkyl carbamates (subject to hydrolysis) is 1. The molecule has 1 aromatic rings. The quantitative estimate of drug-likeness (QED) is 0.932. The second-order valence-electron chi connectivity index (χ2n) is 6.05. The summed E-state index contributed by atoms with van der Waals surface area (Å²) < 4.78 is 5.15. The van der Waals surface area contributed by atoms with Crippen LogP contribution in [0.4, 0.5) is 10.5 Å². The molecule has 0 spiro atoms. The molecule has 0 aliphatic rings. The van der Waals surface area contributed by atoms with Gasteiger partial charge in [0.15, 0.2) is 0 Å². The molecule has 0 saturated carbocycles. The van der Waals surface area contributed by atoms with E-state index < -0.39 is 17.7 Å². The fourth-order valence-corrected chi connectivity index (χ4v) is 1.90. The fraction of sp³-hybridized carbons (Fsp3) is 0.500. The number of anilines is 1. The van der Waals surface area contributed by atoms with Crippen molar-refractivity contribution in [3.8, 4) is 0 Å². The van der Waals surface area contributed by atoms with Crippen molar-refractivity contribution in [3.05, 3.63) is 29.8 Å². The molecule has 0 aliphatic carbocycles. The fourth-order valence-electron chi connectivity index (χ4n) is 1.90. The summed E-state index contributed by atoms with van der Waals surface area (Å²) in [5, 5.41) is 2.55. The van der Waals surface area contributed by atoms with Gasteiger partial charge in [-0.2, -0.15) is 0 Å².